The van der Waals surface area contributed by atoms with Gasteiger partial charge in [0, 0.05) is 20.2 Å². The van der Waals surface area contributed by atoms with E-state index in [4.69, 9.17) is 11.6 Å². The Balaban J connectivity index is 1.94. The molecule has 3 aromatic rings. The summed E-state index contributed by atoms with van der Waals surface area (Å²) in [4.78, 5) is 12.7. The van der Waals surface area contributed by atoms with E-state index in [9.17, 15) is 9.18 Å². The number of hydrogen-bond donors (Lipinski definition) is 1. The Morgan fingerprint density at radius 3 is 2.62 bits per heavy atom. The van der Waals surface area contributed by atoms with Crippen molar-refractivity contribution in [1.29, 1.82) is 0 Å². The van der Waals surface area contributed by atoms with Crippen molar-refractivity contribution in [3.05, 3.63) is 62.7 Å². The van der Waals surface area contributed by atoms with Crippen LogP contribution in [0.15, 0.2) is 46.9 Å². The van der Waals surface area contributed by atoms with Gasteiger partial charge < -0.3 is 5.32 Å². The number of thiophene rings is 1. The molecule has 1 amide bonds. The second-order valence-corrected chi connectivity index (χ2v) is 6.69. The normalized spacial score (nSPS) is 10.8. The molecule has 0 spiro atoms. The van der Waals surface area contributed by atoms with E-state index in [1.54, 1.807) is 18.2 Å². The zero-order valence-electron chi connectivity index (χ0n) is 10.5. The van der Waals surface area contributed by atoms with Crippen molar-refractivity contribution in [3.8, 4) is 0 Å². The number of hydrogen-bond acceptors (Lipinski definition) is 2. The standard InChI is InChI=1S/C15H8BrClFNOS/c16-8-1-4-10(5-2-8)19-15(20)14-13(17)11-6-3-9(18)7-12(11)21-14/h1-7H,(H,19,20). The summed E-state index contributed by atoms with van der Waals surface area (Å²) >= 11 is 10.7. The molecule has 0 aliphatic rings. The molecule has 0 atom stereocenters. The molecule has 0 aliphatic carbocycles. The number of rotatable bonds is 2. The maximum atomic E-state index is 13.2. The van der Waals surface area contributed by atoms with Crippen LogP contribution in [0.1, 0.15) is 9.67 Å². The molecule has 0 saturated carbocycles. The lowest BCUT2D eigenvalue weighted by Gasteiger charge is -2.03. The molecule has 6 heteroatoms. The van der Waals surface area contributed by atoms with E-state index in [-0.39, 0.29) is 11.7 Å². The zero-order valence-corrected chi connectivity index (χ0v) is 13.7. The van der Waals surface area contributed by atoms with E-state index in [0.717, 1.165) is 4.47 Å². The van der Waals surface area contributed by atoms with Crippen molar-refractivity contribution >= 4 is 60.5 Å². The Morgan fingerprint density at radius 2 is 1.90 bits per heavy atom. The van der Waals surface area contributed by atoms with Crippen LogP contribution in [0, 0.1) is 5.82 Å². The Hall–Kier alpha value is -1.43. The van der Waals surface area contributed by atoms with Gasteiger partial charge in [0.1, 0.15) is 10.7 Å². The predicted molar refractivity (Wildman–Crippen MR) is 88.9 cm³/mol. The summed E-state index contributed by atoms with van der Waals surface area (Å²) in [5.41, 5.74) is 0.669. The average molecular weight is 385 g/mol. The number of benzene rings is 2. The fraction of sp³-hybridized carbons (Fsp3) is 0. The van der Waals surface area contributed by atoms with Crippen LogP contribution in [-0.2, 0) is 0 Å². The lowest BCUT2D eigenvalue weighted by Crippen LogP contribution is -2.10. The molecule has 1 aromatic heterocycles. The third kappa shape index (κ3) is 2.95. The fourth-order valence-electron chi connectivity index (χ4n) is 1.91. The van der Waals surface area contributed by atoms with Gasteiger partial charge in [0.05, 0.1) is 5.02 Å². The van der Waals surface area contributed by atoms with E-state index in [1.165, 1.54) is 23.5 Å². The highest BCUT2D eigenvalue weighted by Crippen LogP contribution is 2.36. The van der Waals surface area contributed by atoms with Crippen LogP contribution in [0.3, 0.4) is 0 Å². The van der Waals surface area contributed by atoms with Gasteiger partial charge in [-0.15, -0.1) is 11.3 Å². The van der Waals surface area contributed by atoms with Crippen molar-refractivity contribution in [2.24, 2.45) is 0 Å². The summed E-state index contributed by atoms with van der Waals surface area (Å²) in [6.07, 6.45) is 0. The smallest absolute Gasteiger partial charge is 0.267 e. The summed E-state index contributed by atoms with van der Waals surface area (Å²) in [5.74, 6) is -0.649. The largest absolute Gasteiger partial charge is 0.321 e. The first-order valence-corrected chi connectivity index (χ1v) is 7.98. The number of fused-ring (bicyclic) bond motifs is 1. The van der Waals surface area contributed by atoms with Gasteiger partial charge in [-0.25, -0.2) is 4.39 Å². The number of carbonyl (C=O) groups excluding carboxylic acids is 1. The van der Waals surface area contributed by atoms with Crippen LogP contribution in [0.5, 0.6) is 0 Å². The van der Waals surface area contributed by atoms with Crippen molar-refractivity contribution in [2.45, 2.75) is 0 Å². The van der Waals surface area contributed by atoms with Crippen LogP contribution < -0.4 is 5.32 Å². The third-order valence-electron chi connectivity index (χ3n) is 2.90. The molecule has 0 saturated heterocycles. The molecule has 106 valence electrons. The third-order valence-corrected chi connectivity index (χ3v) is 5.08. The molecule has 3 rings (SSSR count). The maximum absolute atomic E-state index is 13.2. The lowest BCUT2D eigenvalue weighted by atomic mass is 10.2. The summed E-state index contributed by atoms with van der Waals surface area (Å²) in [6.45, 7) is 0. The van der Waals surface area contributed by atoms with Gasteiger partial charge in [-0.3, -0.25) is 4.79 Å². The molecular weight excluding hydrogens is 377 g/mol. The summed E-state index contributed by atoms with van der Waals surface area (Å²) < 4.78 is 14.8. The maximum Gasteiger partial charge on any atom is 0.267 e. The lowest BCUT2D eigenvalue weighted by molar-refractivity contribution is 0.103. The molecule has 2 nitrogen and oxygen atoms in total. The van der Waals surface area contributed by atoms with Crippen LogP contribution in [0.4, 0.5) is 10.1 Å². The van der Waals surface area contributed by atoms with Crippen LogP contribution in [-0.4, -0.2) is 5.91 Å². The van der Waals surface area contributed by atoms with Crippen LogP contribution in [0.25, 0.3) is 10.1 Å². The second-order valence-electron chi connectivity index (χ2n) is 4.35. The molecule has 0 unspecified atom stereocenters. The van der Waals surface area contributed by atoms with E-state index in [1.807, 2.05) is 12.1 Å². The molecule has 0 aliphatic heterocycles. The van der Waals surface area contributed by atoms with Gasteiger partial charge in [0.15, 0.2) is 0 Å². The highest BCUT2D eigenvalue weighted by atomic mass is 79.9. The quantitative estimate of drug-likeness (QED) is 0.602. The average Bonchev–Trinajstić information content (AvgIpc) is 2.78. The SMILES string of the molecule is O=C(Nc1ccc(Br)cc1)c1sc2cc(F)ccc2c1Cl. The zero-order chi connectivity index (χ0) is 15.0. The first-order valence-electron chi connectivity index (χ1n) is 5.99. The minimum Gasteiger partial charge on any atom is -0.321 e. The highest BCUT2D eigenvalue weighted by molar-refractivity contribution is 9.10. The second kappa shape index (κ2) is 5.75. The highest BCUT2D eigenvalue weighted by Gasteiger charge is 2.17. The van der Waals surface area contributed by atoms with E-state index in [2.05, 4.69) is 21.2 Å². The molecule has 0 bridgehead atoms. The van der Waals surface area contributed by atoms with Gasteiger partial charge in [-0.2, -0.15) is 0 Å². The van der Waals surface area contributed by atoms with Gasteiger partial charge >= 0.3 is 0 Å². The van der Waals surface area contributed by atoms with E-state index >= 15 is 0 Å². The Labute approximate surface area is 137 Å². The number of halogens is 3. The van der Waals surface area contributed by atoms with Gasteiger partial charge in [-0.05, 0) is 42.5 Å². The van der Waals surface area contributed by atoms with Crippen molar-refractivity contribution in [1.82, 2.24) is 0 Å². The molecule has 1 N–H and O–H groups in total. The summed E-state index contributed by atoms with van der Waals surface area (Å²) in [7, 11) is 0. The molecule has 1 heterocycles. The summed E-state index contributed by atoms with van der Waals surface area (Å²) in [5, 5.41) is 3.81. The summed E-state index contributed by atoms with van der Waals surface area (Å²) in [6, 6.07) is 11.5. The monoisotopic (exact) mass is 383 g/mol. The number of carbonyl (C=O) groups is 1. The Kier molecular flexibility index (Phi) is 3.97. The topological polar surface area (TPSA) is 29.1 Å². The van der Waals surface area contributed by atoms with Gasteiger partial charge in [-0.1, -0.05) is 27.5 Å². The minimum absolute atomic E-state index is 0.302. The number of anilines is 1. The Bertz CT molecular complexity index is 832. The van der Waals surface area contributed by atoms with Crippen LogP contribution in [0.2, 0.25) is 5.02 Å². The first kappa shape index (κ1) is 14.5. The fourth-order valence-corrected chi connectivity index (χ4v) is 3.61. The molecular formula is C15H8BrClFNOS. The molecule has 0 fully saturated rings. The number of nitrogens with one attached hydrogen (secondary N) is 1. The van der Waals surface area contributed by atoms with Crippen molar-refractivity contribution < 1.29 is 9.18 Å². The van der Waals surface area contributed by atoms with E-state index in [0.29, 0.717) is 25.7 Å². The molecule has 2 aromatic carbocycles. The minimum atomic E-state index is -0.347. The van der Waals surface area contributed by atoms with Crippen LogP contribution >= 0.6 is 38.9 Å². The van der Waals surface area contributed by atoms with Gasteiger partial charge in [0.2, 0.25) is 0 Å². The Morgan fingerprint density at radius 1 is 1.19 bits per heavy atom. The number of amides is 1. The molecule has 0 radical (unpaired) electrons. The van der Waals surface area contributed by atoms with Crippen molar-refractivity contribution in [2.75, 3.05) is 5.32 Å². The predicted octanol–water partition coefficient (Wildman–Crippen LogP) is 5.71. The van der Waals surface area contributed by atoms with Crippen molar-refractivity contribution in [3.63, 3.8) is 0 Å². The van der Waals surface area contributed by atoms with Gasteiger partial charge in [0.25, 0.3) is 5.91 Å². The van der Waals surface area contributed by atoms with E-state index < -0.39 is 0 Å². The first-order chi connectivity index (χ1) is 10.0. The molecule has 21 heavy (non-hydrogen) atoms.